The van der Waals surface area contributed by atoms with Gasteiger partial charge in [-0.2, -0.15) is 0 Å². The van der Waals surface area contributed by atoms with Gasteiger partial charge in [-0.3, -0.25) is 0 Å². The molecular formula is C16H20F2O. The Balaban J connectivity index is 1.77. The van der Waals surface area contributed by atoms with E-state index in [-0.39, 0.29) is 12.0 Å². The third-order valence-corrected chi connectivity index (χ3v) is 4.72. The Labute approximate surface area is 112 Å². The molecule has 2 aliphatic carbocycles. The van der Waals surface area contributed by atoms with Gasteiger partial charge in [0.05, 0.1) is 5.60 Å². The molecule has 19 heavy (non-hydrogen) atoms. The van der Waals surface area contributed by atoms with Crippen LogP contribution in [0.4, 0.5) is 8.78 Å². The summed E-state index contributed by atoms with van der Waals surface area (Å²) in [6.45, 7) is 0. The van der Waals surface area contributed by atoms with Crippen LogP contribution in [0, 0.1) is 23.5 Å². The lowest BCUT2D eigenvalue weighted by atomic mass is 9.73. The summed E-state index contributed by atoms with van der Waals surface area (Å²) in [5, 5.41) is 10.7. The smallest absolute Gasteiger partial charge is 0.129 e. The van der Waals surface area contributed by atoms with Gasteiger partial charge in [0.2, 0.25) is 0 Å². The Morgan fingerprint density at radius 1 is 1.11 bits per heavy atom. The van der Waals surface area contributed by atoms with Crippen molar-refractivity contribution in [2.75, 3.05) is 0 Å². The molecule has 0 saturated heterocycles. The van der Waals surface area contributed by atoms with Crippen LogP contribution in [-0.4, -0.2) is 10.7 Å². The van der Waals surface area contributed by atoms with E-state index in [1.165, 1.54) is 31.0 Å². The third-order valence-electron chi connectivity index (χ3n) is 4.72. The summed E-state index contributed by atoms with van der Waals surface area (Å²) in [4.78, 5) is 0. The molecule has 2 unspecified atom stereocenters. The van der Waals surface area contributed by atoms with Crippen molar-refractivity contribution in [3.8, 4) is 0 Å². The second kappa shape index (κ2) is 4.86. The van der Waals surface area contributed by atoms with Crippen molar-refractivity contribution in [1.29, 1.82) is 0 Å². The van der Waals surface area contributed by atoms with Crippen molar-refractivity contribution in [3.05, 3.63) is 35.4 Å². The van der Waals surface area contributed by atoms with Crippen molar-refractivity contribution in [3.63, 3.8) is 0 Å². The highest BCUT2D eigenvalue weighted by molar-refractivity contribution is 5.22. The minimum Gasteiger partial charge on any atom is -0.390 e. The van der Waals surface area contributed by atoms with Gasteiger partial charge in [0.15, 0.2) is 0 Å². The van der Waals surface area contributed by atoms with Gasteiger partial charge in [-0.15, -0.1) is 0 Å². The largest absolute Gasteiger partial charge is 0.390 e. The van der Waals surface area contributed by atoms with Crippen LogP contribution in [0.2, 0.25) is 0 Å². The highest BCUT2D eigenvalue weighted by Crippen LogP contribution is 2.47. The van der Waals surface area contributed by atoms with Crippen LogP contribution in [-0.2, 0) is 6.42 Å². The number of hydrogen-bond acceptors (Lipinski definition) is 1. The molecule has 2 atom stereocenters. The van der Waals surface area contributed by atoms with Gasteiger partial charge in [0, 0.05) is 12.0 Å². The maximum Gasteiger partial charge on any atom is 0.129 e. The molecule has 1 aromatic carbocycles. The van der Waals surface area contributed by atoms with Crippen molar-refractivity contribution < 1.29 is 13.9 Å². The molecule has 0 spiro atoms. The monoisotopic (exact) mass is 266 g/mol. The molecule has 0 bridgehead atoms. The van der Waals surface area contributed by atoms with Gasteiger partial charge in [-0.05, 0) is 56.1 Å². The average Bonchev–Trinajstić information content (AvgIpc) is 3.18. The van der Waals surface area contributed by atoms with E-state index in [0.29, 0.717) is 18.8 Å². The Bertz CT molecular complexity index is 450. The molecule has 0 amide bonds. The first-order valence-corrected chi connectivity index (χ1v) is 7.23. The summed E-state index contributed by atoms with van der Waals surface area (Å²) in [5.74, 6) is 0.217. The van der Waals surface area contributed by atoms with Gasteiger partial charge in [0.1, 0.15) is 11.6 Å². The molecule has 1 aromatic rings. The van der Waals surface area contributed by atoms with Crippen molar-refractivity contribution in [2.24, 2.45) is 11.8 Å². The summed E-state index contributed by atoms with van der Waals surface area (Å²) in [6, 6.07) is 3.90. The van der Waals surface area contributed by atoms with Crippen molar-refractivity contribution in [2.45, 2.75) is 50.5 Å². The molecule has 1 N–H and O–H groups in total. The van der Waals surface area contributed by atoms with Crippen LogP contribution in [0.3, 0.4) is 0 Å². The van der Waals surface area contributed by atoms with Gasteiger partial charge >= 0.3 is 0 Å². The predicted molar refractivity (Wildman–Crippen MR) is 69.7 cm³/mol. The summed E-state index contributed by atoms with van der Waals surface area (Å²) < 4.78 is 27.4. The fraction of sp³-hybridized carbons (Fsp3) is 0.625. The van der Waals surface area contributed by atoms with Crippen molar-refractivity contribution >= 4 is 0 Å². The fourth-order valence-electron chi connectivity index (χ4n) is 3.55. The van der Waals surface area contributed by atoms with E-state index in [1.807, 2.05) is 0 Å². The second-order valence-corrected chi connectivity index (χ2v) is 6.30. The minimum absolute atomic E-state index is 0.0430. The molecule has 0 heterocycles. The normalized spacial score (nSPS) is 31.4. The number of hydrogen-bond donors (Lipinski definition) is 1. The van der Waals surface area contributed by atoms with Crippen LogP contribution in [0.25, 0.3) is 0 Å². The predicted octanol–water partition coefficient (Wildman–Crippen LogP) is 3.84. The zero-order valence-electron chi connectivity index (χ0n) is 11.0. The van der Waals surface area contributed by atoms with Gasteiger partial charge in [0.25, 0.3) is 0 Å². The molecule has 0 aromatic heterocycles. The standard InChI is InChI=1S/C16H20F2O/c17-14-4-1-5-15(18)13(14)10-16(19)8-2-3-12(9-16)11-6-7-11/h1,4-5,11-12,19H,2-3,6-10H2. The van der Waals surface area contributed by atoms with Crippen LogP contribution in [0.15, 0.2) is 18.2 Å². The quantitative estimate of drug-likeness (QED) is 0.881. The van der Waals surface area contributed by atoms with E-state index >= 15 is 0 Å². The van der Waals surface area contributed by atoms with Crippen LogP contribution < -0.4 is 0 Å². The molecule has 0 radical (unpaired) electrons. The summed E-state index contributed by atoms with van der Waals surface area (Å²) in [6.07, 6.45) is 6.11. The summed E-state index contributed by atoms with van der Waals surface area (Å²) >= 11 is 0. The van der Waals surface area contributed by atoms with E-state index in [9.17, 15) is 13.9 Å². The Kier molecular flexibility index (Phi) is 3.34. The van der Waals surface area contributed by atoms with Crippen LogP contribution in [0.5, 0.6) is 0 Å². The SMILES string of the molecule is OC1(Cc2c(F)cccc2F)CCCC(C2CC2)C1. The van der Waals surface area contributed by atoms with Crippen LogP contribution >= 0.6 is 0 Å². The molecule has 104 valence electrons. The average molecular weight is 266 g/mol. The number of benzene rings is 1. The third kappa shape index (κ3) is 2.81. The van der Waals surface area contributed by atoms with E-state index in [4.69, 9.17) is 0 Å². The summed E-state index contributed by atoms with van der Waals surface area (Å²) in [7, 11) is 0. The van der Waals surface area contributed by atoms with Gasteiger partial charge < -0.3 is 5.11 Å². The molecule has 0 aliphatic heterocycles. The molecule has 2 fully saturated rings. The second-order valence-electron chi connectivity index (χ2n) is 6.30. The fourth-order valence-corrected chi connectivity index (χ4v) is 3.55. The van der Waals surface area contributed by atoms with E-state index in [2.05, 4.69) is 0 Å². The maximum absolute atomic E-state index is 13.7. The summed E-state index contributed by atoms with van der Waals surface area (Å²) in [5.41, 5.74) is -0.879. The Morgan fingerprint density at radius 3 is 2.42 bits per heavy atom. The maximum atomic E-state index is 13.7. The minimum atomic E-state index is -0.922. The molecule has 3 heteroatoms. The molecule has 1 nitrogen and oxygen atoms in total. The van der Waals surface area contributed by atoms with Gasteiger partial charge in [-0.1, -0.05) is 12.5 Å². The zero-order chi connectivity index (χ0) is 13.5. The first kappa shape index (κ1) is 13.0. The topological polar surface area (TPSA) is 20.2 Å². The molecular weight excluding hydrogens is 246 g/mol. The number of rotatable bonds is 3. The van der Waals surface area contributed by atoms with Crippen LogP contribution in [0.1, 0.15) is 44.1 Å². The Morgan fingerprint density at radius 2 is 1.79 bits per heavy atom. The zero-order valence-corrected chi connectivity index (χ0v) is 11.0. The number of halogens is 2. The van der Waals surface area contributed by atoms with Gasteiger partial charge in [-0.25, -0.2) is 8.78 Å². The first-order valence-electron chi connectivity index (χ1n) is 7.23. The molecule has 3 rings (SSSR count). The number of aliphatic hydroxyl groups is 1. The lowest BCUT2D eigenvalue weighted by Gasteiger charge is -2.37. The van der Waals surface area contributed by atoms with E-state index < -0.39 is 17.2 Å². The van der Waals surface area contributed by atoms with Crippen molar-refractivity contribution in [1.82, 2.24) is 0 Å². The highest BCUT2D eigenvalue weighted by atomic mass is 19.1. The first-order chi connectivity index (χ1) is 9.07. The van der Waals surface area contributed by atoms with E-state index in [0.717, 1.165) is 18.8 Å². The van der Waals surface area contributed by atoms with E-state index in [1.54, 1.807) is 0 Å². The molecule has 2 aliphatic rings. The lowest BCUT2D eigenvalue weighted by Crippen LogP contribution is -2.38. The highest BCUT2D eigenvalue weighted by Gasteiger charge is 2.41. The Hall–Kier alpha value is -0.960. The molecule has 2 saturated carbocycles. The lowest BCUT2D eigenvalue weighted by molar-refractivity contribution is -0.0208.